The summed E-state index contributed by atoms with van der Waals surface area (Å²) >= 11 is 1.21. The van der Waals surface area contributed by atoms with Gasteiger partial charge in [-0.3, -0.25) is 14.2 Å². The van der Waals surface area contributed by atoms with Gasteiger partial charge in [0.15, 0.2) is 0 Å². The third-order valence-electron chi connectivity index (χ3n) is 7.51. The van der Waals surface area contributed by atoms with E-state index in [1.165, 1.54) is 26.5 Å². The summed E-state index contributed by atoms with van der Waals surface area (Å²) in [6, 6.07) is 0.0921. The number of fused-ring (bicyclic) bond motifs is 1. The van der Waals surface area contributed by atoms with Gasteiger partial charge in [0, 0.05) is 24.0 Å². The summed E-state index contributed by atoms with van der Waals surface area (Å²) < 4.78 is 29.7. The van der Waals surface area contributed by atoms with Crippen molar-refractivity contribution >= 4 is 37.5 Å². The highest BCUT2D eigenvalue weighted by Crippen LogP contribution is 2.34. The van der Waals surface area contributed by atoms with Gasteiger partial charge in [0.05, 0.1) is 11.7 Å². The fourth-order valence-electron chi connectivity index (χ4n) is 5.08. The molecule has 3 heterocycles. The summed E-state index contributed by atoms with van der Waals surface area (Å²) in [6.45, 7) is 8.93. The molecule has 10 heteroatoms. The molecule has 2 aliphatic rings. The molecule has 2 fully saturated rings. The highest BCUT2D eigenvalue weighted by molar-refractivity contribution is 7.89. The van der Waals surface area contributed by atoms with Crippen molar-refractivity contribution in [3.63, 3.8) is 0 Å². The van der Waals surface area contributed by atoms with E-state index < -0.39 is 15.6 Å². The zero-order chi connectivity index (χ0) is 23.9. The number of amides is 1. The molecule has 4 rings (SSSR count). The van der Waals surface area contributed by atoms with E-state index in [4.69, 9.17) is 0 Å². The zero-order valence-electron chi connectivity index (χ0n) is 19.8. The summed E-state index contributed by atoms with van der Waals surface area (Å²) in [5.41, 5.74) is -0.478. The summed E-state index contributed by atoms with van der Waals surface area (Å²) in [5.74, 6) is 1.17. The number of rotatable bonds is 5. The highest BCUT2D eigenvalue weighted by atomic mass is 32.2. The predicted molar refractivity (Wildman–Crippen MR) is 130 cm³/mol. The van der Waals surface area contributed by atoms with Crippen molar-refractivity contribution in [1.29, 1.82) is 0 Å². The molecule has 182 valence electrons. The Bertz CT molecular complexity index is 1190. The van der Waals surface area contributed by atoms with Crippen LogP contribution in [0.2, 0.25) is 0 Å². The molecule has 3 atom stereocenters. The average molecular weight is 495 g/mol. The number of hydrogen-bond donors (Lipinski definition) is 1. The van der Waals surface area contributed by atoms with Crippen molar-refractivity contribution in [2.45, 2.75) is 77.3 Å². The first-order chi connectivity index (χ1) is 15.6. The van der Waals surface area contributed by atoms with Crippen LogP contribution in [0.1, 0.15) is 57.8 Å². The van der Waals surface area contributed by atoms with E-state index in [1.54, 1.807) is 6.92 Å². The summed E-state index contributed by atoms with van der Waals surface area (Å²) in [4.78, 5) is 31.5. The number of sulfonamides is 1. The Labute approximate surface area is 199 Å². The molecule has 1 aliphatic carbocycles. The molecule has 2 aromatic rings. The maximum absolute atomic E-state index is 13.5. The molecule has 1 N–H and O–H groups in total. The molecule has 1 aliphatic heterocycles. The third-order valence-corrected chi connectivity index (χ3v) is 10.7. The number of nitrogens with zero attached hydrogens (tertiary/aromatic N) is 3. The van der Waals surface area contributed by atoms with Crippen LogP contribution in [-0.4, -0.2) is 47.3 Å². The van der Waals surface area contributed by atoms with E-state index in [1.807, 2.05) is 0 Å². The third kappa shape index (κ3) is 4.74. The van der Waals surface area contributed by atoms with Gasteiger partial charge in [-0.1, -0.05) is 33.6 Å². The molecule has 0 spiro atoms. The Hall–Kier alpha value is -1.78. The summed E-state index contributed by atoms with van der Waals surface area (Å²) in [6.07, 6.45) is 6.14. The number of nitrogens with one attached hydrogen (secondary N) is 1. The SMILES string of the molecule is Cc1sc2ncn(CC(=O)N[C@@H]3CCC[C@@H](C)[C@H]3C)c(=O)c2c1S(=O)(=O)N1CCC(C)CC1. The lowest BCUT2D eigenvalue weighted by Gasteiger charge is -2.34. The summed E-state index contributed by atoms with van der Waals surface area (Å²) in [5, 5.41) is 3.18. The van der Waals surface area contributed by atoms with Crippen molar-refractivity contribution in [3.05, 3.63) is 21.6 Å². The molecule has 8 nitrogen and oxygen atoms in total. The largest absolute Gasteiger partial charge is 0.352 e. The van der Waals surface area contributed by atoms with Gasteiger partial charge in [-0.05, 0) is 43.9 Å². The van der Waals surface area contributed by atoms with Crippen LogP contribution in [0.15, 0.2) is 16.0 Å². The zero-order valence-corrected chi connectivity index (χ0v) is 21.5. The van der Waals surface area contributed by atoms with E-state index in [0.717, 1.165) is 32.1 Å². The van der Waals surface area contributed by atoms with Crippen molar-refractivity contribution in [2.24, 2.45) is 17.8 Å². The maximum atomic E-state index is 13.5. The smallest absolute Gasteiger partial charge is 0.263 e. The molecule has 33 heavy (non-hydrogen) atoms. The average Bonchev–Trinajstić information content (AvgIpc) is 3.11. The lowest BCUT2D eigenvalue weighted by atomic mass is 9.78. The van der Waals surface area contributed by atoms with Crippen LogP contribution in [-0.2, 0) is 21.4 Å². The fraction of sp³-hybridized carbons (Fsp3) is 0.696. The first-order valence-electron chi connectivity index (χ1n) is 11.9. The second-order valence-corrected chi connectivity index (χ2v) is 13.0. The quantitative estimate of drug-likeness (QED) is 0.688. The molecule has 0 radical (unpaired) electrons. The van der Waals surface area contributed by atoms with Gasteiger partial charge in [-0.2, -0.15) is 4.31 Å². The van der Waals surface area contributed by atoms with Crippen LogP contribution in [0.25, 0.3) is 10.2 Å². The van der Waals surface area contributed by atoms with Gasteiger partial charge in [0.1, 0.15) is 16.3 Å². The summed E-state index contributed by atoms with van der Waals surface area (Å²) in [7, 11) is -3.81. The number of piperidine rings is 1. The standard InChI is InChI=1S/C23H34N4O4S2/c1-14-8-10-27(11-9-14)33(30,31)21-17(4)32-22-20(21)23(29)26(13-24-22)12-19(28)25-18-7-5-6-15(2)16(18)3/h13-16,18H,5-12H2,1-4H3,(H,25,28)/t15-,16-,18-/m1/s1. The van der Waals surface area contributed by atoms with Gasteiger partial charge in [-0.25, -0.2) is 13.4 Å². The minimum atomic E-state index is -3.81. The van der Waals surface area contributed by atoms with Crippen LogP contribution in [0.4, 0.5) is 0 Å². The van der Waals surface area contributed by atoms with Crippen LogP contribution in [0, 0.1) is 24.7 Å². The number of carbonyl (C=O) groups is 1. The fourth-order valence-corrected chi connectivity index (χ4v) is 8.22. The van der Waals surface area contributed by atoms with Gasteiger partial charge in [0.2, 0.25) is 15.9 Å². The number of carbonyl (C=O) groups excluding carboxylic acids is 1. The van der Waals surface area contributed by atoms with Gasteiger partial charge >= 0.3 is 0 Å². The molecular weight excluding hydrogens is 460 g/mol. The molecule has 0 bridgehead atoms. The Kier molecular flexibility index (Phi) is 6.98. The lowest BCUT2D eigenvalue weighted by molar-refractivity contribution is -0.123. The van der Waals surface area contributed by atoms with Crippen molar-refractivity contribution in [3.8, 4) is 0 Å². The molecule has 1 saturated carbocycles. The first-order valence-corrected chi connectivity index (χ1v) is 14.1. The van der Waals surface area contributed by atoms with E-state index in [-0.39, 0.29) is 28.8 Å². The number of thiophene rings is 1. The Morgan fingerprint density at radius 1 is 1.18 bits per heavy atom. The van der Waals surface area contributed by atoms with E-state index in [2.05, 4.69) is 31.1 Å². The van der Waals surface area contributed by atoms with Gasteiger partial charge in [0.25, 0.3) is 5.56 Å². The van der Waals surface area contributed by atoms with Crippen LogP contribution in [0.3, 0.4) is 0 Å². The van der Waals surface area contributed by atoms with Crippen molar-refractivity contribution in [1.82, 2.24) is 19.2 Å². The monoisotopic (exact) mass is 494 g/mol. The first kappa shape index (κ1) is 24.3. The molecule has 0 unspecified atom stereocenters. The van der Waals surface area contributed by atoms with E-state index >= 15 is 0 Å². The normalized spacial score (nSPS) is 25.4. The van der Waals surface area contributed by atoms with Gasteiger partial charge < -0.3 is 5.32 Å². The maximum Gasteiger partial charge on any atom is 0.263 e. The van der Waals surface area contributed by atoms with Crippen LogP contribution in [0.5, 0.6) is 0 Å². The van der Waals surface area contributed by atoms with Crippen molar-refractivity contribution < 1.29 is 13.2 Å². The molecule has 2 aromatic heterocycles. The van der Waals surface area contributed by atoms with Gasteiger partial charge in [-0.15, -0.1) is 11.3 Å². The number of aryl methyl sites for hydroxylation is 1. The van der Waals surface area contributed by atoms with Crippen LogP contribution >= 0.6 is 11.3 Å². The minimum absolute atomic E-state index is 0.0547. The van der Waals surface area contributed by atoms with Crippen molar-refractivity contribution in [2.75, 3.05) is 13.1 Å². The lowest BCUT2D eigenvalue weighted by Crippen LogP contribution is -2.45. The van der Waals surface area contributed by atoms with Crippen LogP contribution < -0.4 is 10.9 Å². The second-order valence-electron chi connectivity index (χ2n) is 9.87. The number of hydrogen-bond acceptors (Lipinski definition) is 6. The molecule has 1 saturated heterocycles. The topological polar surface area (TPSA) is 101 Å². The predicted octanol–water partition coefficient (Wildman–Crippen LogP) is 3.13. The molecular formula is C23H34N4O4S2. The second kappa shape index (κ2) is 9.46. The highest BCUT2D eigenvalue weighted by Gasteiger charge is 2.34. The van der Waals surface area contributed by atoms with E-state index in [0.29, 0.717) is 40.6 Å². The Morgan fingerprint density at radius 2 is 1.88 bits per heavy atom. The molecule has 0 aromatic carbocycles. The minimum Gasteiger partial charge on any atom is -0.352 e. The number of aromatic nitrogens is 2. The Morgan fingerprint density at radius 3 is 2.58 bits per heavy atom. The molecule has 1 amide bonds. The van der Waals surface area contributed by atoms with E-state index in [9.17, 15) is 18.0 Å². The Balaban J connectivity index is 1.62.